The zero-order valence-corrected chi connectivity index (χ0v) is 14.1. The summed E-state index contributed by atoms with van der Waals surface area (Å²) in [4.78, 5) is 12.5. The van der Waals surface area contributed by atoms with Crippen molar-refractivity contribution >= 4 is 23.7 Å². The number of phenols is 3. The molecule has 2 aromatic carbocycles. The lowest BCUT2D eigenvalue weighted by atomic mass is 10.1. The van der Waals surface area contributed by atoms with Crippen molar-refractivity contribution in [3.05, 3.63) is 71.0 Å². The predicted molar refractivity (Wildman–Crippen MR) is 97.3 cm³/mol. The first-order valence-electron chi connectivity index (χ1n) is 7.48. The van der Waals surface area contributed by atoms with E-state index in [4.69, 9.17) is 11.6 Å². The van der Waals surface area contributed by atoms with E-state index in [0.29, 0.717) is 16.3 Å². The van der Waals surface area contributed by atoms with Gasteiger partial charge < -0.3 is 19.9 Å². The van der Waals surface area contributed by atoms with Crippen molar-refractivity contribution < 1.29 is 20.1 Å². The summed E-state index contributed by atoms with van der Waals surface area (Å²) in [5.41, 5.74) is 3.28. The second-order valence-corrected chi connectivity index (χ2v) is 5.70. The molecule has 1 heterocycles. The molecule has 132 valence electrons. The van der Waals surface area contributed by atoms with Crippen LogP contribution >= 0.6 is 11.6 Å². The Bertz CT molecular complexity index is 984. The van der Waals surface area contributed by atoms with Gasteiger partial charge in [-0.05, 0) is 36.4 Å². The Morgan fingerprint density at radius 1 is 1.04 bits per heavy atom. The second-order valence-electron chi connectivity index (χ2n) is 5.30. The minimum absolute atomic E-state index is 0.123. The van der Waals surface area contributed by atoms with Gasteiger partial charge in [0.25, 0.3) is 5.91 Å². The van der Waals surface area contributed by atoms with Crippen LogP contribution in [0.25, 0.3) is 5.69 Å². The molecule has 0 spiro atoms. The number of nitrogens with zero attached hydrogens (tertiary/aromatic N) is 2. The predicted octanol–water partition coefficient (Wildman–Crippen LogP) is 3.01. The minimum Gasteiger partial charge on any atom is -0.504 e. The summed E-state index contributed by atoms with van der Waals surface area (Å²) >= 11 is 6.22. The fraction of sp³-hybridized carbons (Fsp3) is 0. The Morgan fingerprint density at radius 3 is 2.50 bits per heavy atom. The van der Waals surface area contributed by atoms with Crippen LogP contribution in [0, 0.1) is 0 Å². The molecular weight excluding hydrogens is 358 g/mol. The fourth-order valence-electron chi connectivity index (χ4n) is 2.35. The highest BCUT2D eigenvalue weighted by molar-refractivity contribution is 6.33. The highest BCUT2D eigenvalue weighted by Crippen LogP contribution is 2.36. The van der Waals surface area contributed by atoms with Gasteiger partial charge >= 0.3 is 0 Å². The third-order valence-corrected chi connectivity index (χ3v) is 3.93. The number of hydrogen-bond donors (Lipinski definition) is 4. The van der Waals surface area contributed by atoms with Gasteiger partial charge in [-0.2, -0.15) is 5.10 Å². The first-order chi connectivity index (χ1) is 12.5. The number of para-hydroxylation sites is 1. The van der Waals surface area contributed by atoms with Crippen molar-refractivity contribution in [2.45, 2.75) is 0 Å². The lowest BCUT2D eigenvalue weighted by Crippen LogP contribution is -2.19. The van der Waals surface area contributed by atoms with E-state index in [1.165, 1.54) is 12.1 Å². The van der Waals surface area contributed by atoms with E-state index in [9.17, 15) is 20.1 Å². The van der Waals surface area contributed by atoms with Crippen molar-refractivity contribution in [3.63, 3.8) is 0 Å². The number of carbonyl (C=O) groups excluding carboxylic acids is 1. The molecule has 0 unspecified atom stereocenters. The normalized spacial score (nSPS) is 11.0. The summed E-state index contributed by atoms with van der Waals surface area (Å²) in [6.45, 7) is 0. The highest BCUT2D eigenvalue weighted by atomic mass is 35.5. The quantitative estimate of drug-likeness (QED) is 0.321. The van der Waals surface area contributed by atoms with Crippen LogP contribution in [0.5, 0.6) is 17.2 Å². The maximum Gasteiger partial charge on any atom is 0.273 e. The molecule has 1 aromatic heterocycles. The van der Waals surface area contributed by atoms with Crippen LogP contribution in [0.2, 0.25) is 5.02 Å². The summed E-state index contributed by atoms with van der Waals surface area (Å²) in [5.74, 6) is -2.17. The highest BCUT2D eigenvalue weighted by Gasteiger charge is 2.15. The molecule has 0 aliphatic carbocycles. The monoisotopic (exact) mass is 371 g/mol. The van der Waals surface area contributed by atoms with Crippen LogP contribution in [0.15, 0.2) is 60.0 Å². The molecule has 0 radical (unpaired) electrons. The van der Waals surface area contributed by atoms with E-state index in [-0.39, 0.29) is 5.56 Å². The van der Waals surface area contributed by atoms with E-state index in [1.54, 1.807) is 35.2 Å². The SMILES string of the molecule is O=C(NN=Cc1ccc(O)c(O)c1O)c1cccc(Cl)c1-n1cccc1. The number of hydrogen-bond acceptors (Lipinski definition) is 5. The Labute approximate surface area is 153 Å². The average Bonchev–Trinajstić information content (AvgIpc) is 3.15. The van der Waals surface area contributed by atoms with Crippen molar-refractivity contribution in [2.24, 2.45) is 5.10 Å². The van der Waals surface area contributed by atoms with Crippen LogP contribution in [0.1, 0.15) is 15.9 Å². The number of nitrogens with one attached hydrogen (secondary N) is 1. The van der Waals surface area contributed by atoms with Crippen molar-refractivity contribution in [2.75, 3.05) is 0 Å². The smallest absolute Gasteiger partial charge is 0.273 e. The van der Waals surface area contributed by atoms with Gasteiger partial charge in [-0.1, -0.05) is 17.7 Å². The zero-order valence-electron chi connectivity index (χ0n) is 13.3. The lowest BCUT2D eigenvalue weighted by molar-refractivity contribution is 0.0955. The molecule has 3 aromatic rings. The van der Waals surface area contributed by atoms with Crippen molar-refractivity contribution in [1.29, 1.82) is 0 Å². The van der Waals surface area contributed by atoms with Crippen molar-refractivity contribution in [1.82, 2.24) is 9.99 Å². The molecule has 1 amide bonds. The topological polar surface area (TPSA) is 107 Å². The number of halogens is 1. The van der Waals surface area contributed by atoms with E-state index in [0.717, 1.165) is 6.21 Å². The number of benzene rings is 2. The Kier molecular flexibility index (Phi) is 4.81. The van der Waals surface area contributed by atoms with Gasteiger partial charge in [0.2, 0.25) is 5.75 Å². The molecule has 0 aliphatic heterocycles. The summed E-state index contributed by atoms with van der Waals surface area (Å²) in [5, 5.41) is 32.7. The van der Waals surface area contributed by atoms with E-state index >= 15 is 0 Å². The third-order valence-electron chi connectivity index (χ3n) is 3.62. The summed E-state index contributed by atoms with van der Waals surface area (Å²) in [6, 6.07) is 11.1. The third kappa shape index (κ3) is 3.33. The van der Waals surface area contributed by atoms with E-state index < -0.39 is 23.2 Å². The van der Waals surface area contributed by atoms with Gasteiger partial charge in [0.1, 0.15) is 0 Å². The van der Waals surface area contributed by atoms with Gasteiger partial charge in [0.05, 0.1) is 22.5 Å². The van der Waals surface area contributed by atoms with Crippen molar-refractivity contribution in [3.8, 4) is 22.9 Å². The van der Waals surface area contributed by atoms with Crippen LogP contribution in [-0.2, 0) is 0 Å². The van der Waals surface area contributed by atoms with E-state index in [1.807, 2.05) is 12.1 Å². The molecule has 8 heteroatoms. The summed E-state index contributed by atoms with van der Waals surface area (Å²) < 4.78 is 1.71. The maximum absolute atomic E-state index is 12.5. The van der Waals surface area contributed by atoms with Gasteiger partial charge in [0.15, 0.2) is 11.5 Å². The minimum atomic E-state index is -0.662. The Balaban J connectivity index is 1.84. The van der Waals surface area contributed by atoms with E-state index in [2.05, 4.69) is 10.5 Å². The molecule has 4 N–H and O–H groups in total. The maximum atomic E-state index is 12.5. The average molecular weight is 372 g/mol. The number of amides is 1. The number of hydrazone groups is 1. The van der Waals surface area contributed by atoms with Gasteiger partial charge in [-0.15, -0.1) is 0 Å². The standard InChI is InChI=1S/C18H14ClN3O4/c19-13-5-3-4-12(15(13)22-8-1-2-9-22)18(26)21-20-10-11-6-7-14(23)17(25)16(11)24/h1-10,23-25H,(H,21,26). The molecule has 0 saturated heterocycles. The van der Waals surface area contributed by atoms with Crippen LogP contribution in [0.3, 0.4) is 0 Å². The lowest BCUT2D eigenvalue weighted by Gasteiger charge is -2.11. The summed E-state index contributed by atoms with van der Waals surface area (Å²) in [7, 11) is 0. The number of aromatic hydroxyl groups is 3. The molecule has 26 heavy (non-hydrogen) atoms. The molecule has 0 fully saturated rings. The molecule has 7 nitrogen and oxygen atoms in total. The molecular formula is C18H14ClN3O4. The number of carbonyl (C=O) groups is 1. The summed E-state index contributed by atoms with van der Waals surface area (Å²) in [6.07, 6.45) is 4.67. The number of aromatic nitrogens is 1. The molecule has 0 bridgehead atoms. The second kappa shape index (κ2) is 7.20. The molecule has 0 saturated carbocycles. The van der Waals surface area contributed by atoms with Gasteiger partial charge in [-0.3, -0.25) is 4.79 Å². The zero-order chi connectivity index (χ0) is 18.7. The fourth-order valence-corrected chi connectivity index (χ4v) is 2.63. The first-order valence-corrected chi connectivity index (χ1v) is 7.86. The van der Waals surface area contributed by atoms with Gasteiger partial charge in [-0.25, -0.2) is 5.43 Å². The number of rotatable bonds is 4. The Hall–Kier alpha value is -3.45. The van der Waals surface area contributed by atoms with Crippen LogP contribution < -0.4 is 5.43 Å². The number of phenolic OH excluding ortho intramolecular Hbond substituents is 3. The molecule has 0 aliphatic rings. The largest absolute Gasteiger partial charge is 0.504 e. The van der Waals surface area contributed by atoms with Crippen LogP contribution in [0.4, 0.5) is 0 Å². The molecule has 3 rings (SSSR count). The first kappa shape index (κ1) is 17.4. The molecule has 0 atom stereocenters. The van der Waals surface area contributed by atoms with Crippen LogP contribution in [-0.4, -0.2) is 32.0 Å². The Morgan fingerprint density at radius 2 is 1.77 bits per heavy atom. The van der Waals surface area contributed by atoms with Gasteiger partial charge in [0, 0.05) is 18.0 Å².